The monoisotopic (exact) mass is 287 g/mol. The van der Waals surface area contributed by atoms with Gasteiger partial charge in [0.05, 0.1) is 30.9 Å². The van der Waals surface area contributed by atoms with Crippen molar-refractivity contribution in [2.45, 2.75) is 13.1 Å². The summed E-state index contributed by atoms with van der Waals surface area (Å²) in [6.45, 7) is 1.09. The van der Waals surface area contributed by atoms with E-state index in [1.54, 1.807) is 34.8 Å². The lowest BCUT2D eigenvalue weighted by molar-refractivity contribution is 0.0731. The van der Waals surface area contributed by atoms with Gasteiger partial charge in [0.2, 0.25) is 0 Å². The molecule has 4 nitrogen and oxygen atoms in total. The third kappa shape index (κ3) is 2.83. The minimum Gasteiger partial charge on any atom is -0.472 e. The Morgan fingerprint density at radius 1 is 1.10 bits per heavy atom. The Bertz CT molecular complexity index is 605. The van der Waals surface area contributed by atoms with E-state index < -0.39 is 0 Å². The van der Waals surface area contributed by atoms with Crippen molar-refractivity contribution in [1.29, 1.82) is 0 Å². The van der Waals surface area contributed by atoms with Crippen LogP contribution in [0.1, 0.15) is 20.8 Å². The number of rotatable bonds is 5. The van der Waals surface area contributed by atoms with Crippen LogP contribution < -0.4 is 0 Å². The van der Waals surface area contributed by atoms with Gasteiger partial charge in [-0.05, 0) is 23.6 Å². The molecule has 3 aromatic heterocycles. The average molecular weight is 287 g/mol. The summed E-state index contributed by atoms with van der Waals surface area (Å²) in [6.07, 6.45) is 6.25. The van der Waals surface area contributed by atoms with Gasteiger partial charge in [-0.3, -0.25) is 4.79 Å². The summed E-state index contributed by atoms with van der Waals surface area (Å²) in [5.41, 5.74) is 1.53. The van der Waals surface area contributed by atoms with E-state index in [-0.39, 0.29) is 5.91 Å². The molecule has 0 bridgehead atoms. The first-order valence-corrected chi connectivity index (χ1v) is 7.06. The van der Waals surface area contributed by atoms with Crippen molar-refractivity contribution >= 4 is 17.2 Å². The van der Waals surface area contributed by atoms with Crippen LogP contribution >= 0.6 is 11.3 Å². The normalized spacial score (nSPS) is 10.6. The Morgan fingerprint density at radius 3 is 2.60 bits per heavy atom. The van der Waals surface area contributed by atoms with Crippen LogP contribution in [0.3, 0.4) is 0 Å². The second-order valence-corrected chi connectivity index (χ2v) is 5.42. The highest BCUT2D eigenvalue weighted by atomic mass is 32.1. The quantitative estimate of drug-likeness (QED) is 0.717. The molecule has 0 saturated heterocycles. The molecule has 0 atom stereocenters. The lowest BCUT2D eigenvalue weighted by Gasteiger charge is -2.20. The summed E-state index contributed by atoms with van der Waals surface area (Å²) in [5.74, 6) is -0.0478. The van der Waals surface area contributed by atoms with Gasteiger partial charge >= 0.3 is 0 Å². The van der Waals surface area contributed by atoms with Crippen molar-refractivity contribution in [3.63, 3.8) is 0 Å². The SMILES string of the molecule is O=C(c1ccoc1)N(Cc1ccoc1)Cc1cccs1. The van der Waals surface area contributed by atoms with Gasteiger partial charge in [-0.1, -0.05) is 6.07 Å². The summed E-state index contributed by atoms with van der Waals surface area (Å²) < 4.78 is 10.1. The van der Waals surface area contributed by atoms with E-state index in [2.05, 4.69) is 0 Å². The molecular formula is C15H13NO3S. The average Bonchev–Trinajstić information content (AvgIpc) is 3.20. The molecule has 102 valence electrons. The molecule has 3 aromatic rings. The summed E-state index contributed by atoms with van der Waals surface area (Å²) >= 11 is 1.64. The molecule has 0 aliphatic rings. The predicted molar refractivity (Wildman–Crippen MR) is 75.3 cm³/mol. The fourth-order valence-electron chi connectivity index (χ4n) is 1.96. The Balaban J connectivity index is 1.81. The van der Waals surface area contributed by atoms with Gasteiger partial charge in [-0.15, -0.1) is 11.3 Å². The number of carbonyl (C=O) groups excluding carboxylic acids is 1. The van der Waals surface area contributed by atoms with E-state index in [0.717, 1.165) is 10.4 Å². The van der Waals surface area contributed by atoms with Crippen LogP contribution in [-0.2, 0) is 13.1 Å². The zero-order chi connectivity index (χ0) is 13.8. The second-order valence-electron chi connectivity index (χ2n) is 4.38. The summed E-state index contributed by atoms with van der Waals surface area (Å²) in [5, 5.41) is 2.01. The first kappa shape index (κ1) is 12.7. The number of hydrogen-bond acceptors (Lipinski definition) is 4. The molecule has 0 fully saturated rings. The summed E-state index contributed by atoms with van der Waals surface area (Å²) in [4.78, 5) is 15.4. The topological polar surface area (TPSA) is 46.6 Å². The number of thiophene rings is 1. The number of furan rings is 2. The molecule has 0 radical (unpaired) electrons. The maximum atomic E-state index is 12.5. The highest BCUT2D eigenvalue weighted by Gasteiger charge is 2.18. The van der Waals surface area contributed by atoms with Gasteiger partial charge in [0, 0.05) is 17.0 Å². The standard InChI is InChI=1S/C15H13NO3S/c17-15(13-4-6-19-11-13)16(8-12-3-5-18-10-12)9-14-2-1-7-20-14/h1-7,10-11H,8-9H2. The van der Waals surface area contributed by atoms with Gasteiger partial charge in [0.25, 0.3) is 5.91 Å². The van der Waals surface area contributed by atoms with Crippen LogP contribution in [0.5, 0.6) is 0 Å². The van der Waals surface area contributed by atoms with E-state index in [1.165, 1.54) is 12.5 Å². The zero-order valence-electron chi connectivity index (χ0n) is 10.7. The van der Waals surface area contributed by atoms with Gasteiger partial charge in [0.15, 0.2) is 0 Å². The van der Waals surface area contributed by atoms with E-state index in [0.29, 0.717) is 18.7 Å². The van der Waals surface area contributed by atoms with E-state index >= 15 is 0 Å². The van der Waals surface area contributed by atoms with Crippen molar-refractivity contribution in [2.24, 2.45) is 0 Å². The highest BCUT2D eigenvalue weighted by Crippen LogP contribution is 2.17. The van der Waals surface area contributed by atoms with E-state index in [4.69, 9.17) is 8.83 Å². The highest BCUT2D eigenvalue weighted by molar-refractivity contribution is 7.09. The molecule has 1 amide bonds. The van der Waals surface area contributed by atoms with Crippen LogP contribution in [0.15, 0.2) is 63.5 Å². The van der Waals surface area contributed by atoms with Gasteiger partial charge < -0.3 is 13.7 Å². The Labute approximate surface area is 120 Å². The molecule has 0 spiro atoms. The smallest absolute Gasteiger partial charge is 0.257 e. The lowest BCUT2D eigenvalue weighted by Crippen LogP contribution is -2.29. The minimum absolute atomic E-state index is 0.0478. The molecule has 0 aliphatic heterocycles. The maximum Gasteiger partial charge on any atom is 0.257 e. The molecular weight excluding hydrogens is 274 g/mol. The predicted octanol–water partition coefficient (Wildman–Crippen LogP) is 3.78. The van der Waals surface area contributed by atoms with Crippen LogP contribution in [0.4, 0.5) is 0 Å². The number of carbonyl (C=O) groups is 1. The van der Waals surface area contributed by atoms with E-state index in [9.17, 15) is 4.79 Å². The largest absolute Gasteiger partial charge is 0.472 e. The zero-order valence-corrected chi connectivity index (χ0v) is 11.5. The molecule has 0 saturated carbocycles. The van der Waals surface area contributed by atoms with Crippen molar-refractivity contribution in [1.82, 2.24) is 4.90 Å². The van der Waals surface area contributed by atoms with Crippen molar-refractivity contribution in [3.8, 4) is 0 Å². The Hall–Kier alpha value is -2.27. The first-order chi connectivity index (χ1) is 9.83. The van der Waals surface area contributed by atoms with Crippen molar-refractivity contribution in [2.75, 3.05) is 0 Å². The van der Waals surface area contributed by atoms with Crippen LogP contribution in [0.25, 0.3) is 0 Å². The fourth-order valence-corrected chi connectivity index (χ4v) is 2.68. The third-order valence-electron chi connectivity index (χ3n) is 2.94. The lowest BCUT2D eigenvalue weighted by atomic mass is 10.2. The molecule has 0 aliphatic carbocycles. The van der Waals surface area contributed by atoms with Gasteiger partial charge in [0.1, 0.15) is 6.26 Å². The Morgan fingerprint density at radius 2 is 1.95 bits per heavy atom. The Kier molecular flexibility index (Phi) is 3.69. The first-order valence-electron chi connectivity index (χ1n) is 6.18. The van der Waals surface area contributed by atoms with Crippen LogP contribution in [-0.4, -0.2) is 10.8 Å². The molecule has 20 heavy (non-hydrogen) atoms. The van der Waals surface area contributed by atoms with E-state index in [1.807, 2.05) is 23.6 Å². The molecule has 0 aromatic carbocycles. The summed E-state index contributed by atoms with van der Waals surface area (Å²) in [7, 11) is 0. The number of amides is 1. The third-order valence-corrected chi connectivity index (χ3v) is 3.80. The van der Waals surface area contributed by atoms with Crippen molar-refractivity contribution < 1.29 is 13.6 Å². The molecule has 0 unspecified atom stereocenters. The van der Waals surface area contributed by atoms with Crippen LogP contribution in [0, 0.1) is 0 Å². The van der Waals surface area contributed by atoms with Crippen molar-refractivity contribution in [3.05, 3.63) is 70.7 Å². The maximum absolute atomic E-state index is 12.5. The second kappa shape index (κ2) is 5.79. The minimum atomic E-state index is -0.0478. The number of hydrogen-bond donors (Lipinski definition) is 0. The van der Waals surface area contributed by atoms with Crippen LogP contribution in [0.2, 0.25) is 0 Å². The fraction of sp³-hybridized carbons (Fsp3) is 0.133. The molecule has 3 rings (SSSR count). The molecule has 5 heteroatoms. The number of nitrogens with zero attached hydrogens (tertiary/aromatic N) is 1. The molecule has 0 N–H and O–H groups in total. The molecule has 3 heterocycles. The van der Waals surface area contributed by atoms with Gasteiger partial charge in [-0.2, -0.15) is 0 Å². The summed E-state index contributed by atoms with van der Waals surface area (Å²) in [6, 6.07) is 7.55. The van der Waals surface area contributed by atoms with Gasteiger partial charge in [-0.25, -0.2) is 0 Å².